The lowest BCUT2D eigenvalue weighted by Gasteiger charge is -2.44. The van der Waals surface area contributed by atoms with E-state index < -0.39 is 15.9 Å². The van der Waals surface area contributed by atoms with Gasteiger partial charge in [0, 0.05) is 23.9 Å². The fourth-order valence-corrected chi connectivity index (χ4v) is 2.36. The highest BCUT2D eigenvalue weighted by atomic mass is 32.3. The second-order valence-corrected chi connectivity index (χ2v) is 12.3. The van der Waals surface area contributed by atoms with E-state index in [2.05, 4.69) is 33.3 Å². The molecule has 2 N–H and O–H groups in total. The first-order valence-corrected chi connectivity index (χ1v) is 10.6. The summed E-state index contributed by atoms with van der Waals surface area (Å²) in [5.74, 6) is 0. The molecule has 1 atom stereocenters. The Kier molecular flexibility index (Phi) is 8.41. The molecular weight excluding hydrogens is 312 g/mol. The van der Waals surface area contributed by atoms with E-state index in [1.54, 1.807) is 4.90 Å². The lowest BCUT2D eigenvalue weighted by atomic mass is 10.2. The maximum Gasteiger partial charge on any atom is 0.410 e. The molecular formula is C17H38N2O3S. The van der Waals surface area contributed by atoms with Crippen molar-refractivity contribution in [2.75, 3.05) is 32.2 Å². The summed E-state index contributed by atoms with van der Waals surface area (Å²) in [6, 6.07) is 0.0532. The van der Waals surface area contributed by atoms with Crippen LogP contribution in [-0.4, -0.2) is 59.6 Å². The number of carbonyl (C=O) groups excluding carboxylic acids is 1. The monoisotopic (exact) mass is 350 g/mol. The van der Waals surface area contributed by atoms with Gasteiger partial charge >= 0.3 is 6.09 Å². The SMILES string of the molecule is CC(N)CCN(CCOS(C)(C)C(C)(C)C)C(=O)OC(C)(C)C. The van der Waals surface area contributed by atoms with Crippen molar-refractivity contribution >= 4 is 16.4 Å². The summed E-state index contributed by atoms with van der Waals surface area (Å²) in [7, 11) is -1.19. The van der Waals surface area contributed by atoms with E-state index >= 15 is 0 Å². The van der Waals surface area contributed by atoms with Gasteiger partial charge in [0.1, 0.15) is 5.60 Å². The van der Waals surface area contributed by atoms with Crippen molar-refractivity contribution in [2.45, 2.75) is 71.3 Å². The number of carbonyl (C=O) groups is 1. The minimum absolute atomic E-state index is 0.0532. The second kappa shape index (κ2) is 8.58. The van der Waals surface area contributed by atoms with E-state index in [-0.39, 0.29) is 16.9 Å². The first-order chi connectivity index (χ1) is 10.2. The Morgan fingerprint density at radius 2 is 1.65 bits per heavy atom. The molecule has 0 saturated heterocycles. The highest BCUT2D eigenvalue weighted by Crippen LogP contribution is 2.53. The van der Waals surface area contributed by atoms with Crippen molar-refractivity contribution < 1.29 is 13.7 Å². The number of hydrogen-bond donors (Lipinski definition) is 1. The van der Waals surface area contributed by atoms with Crippen LogP contribution >= 0.6 is 10.3 Å². The van der Waals surface area contributed by atoms with Crippen molar-refractivity contribution in [3.63, 3.8) is 0 Å². The van der Waals surface area contributed by atoms with Crippen molar-refractivity contribution in [1.29, 1.82) is 0 Å². The topological polar surface area (TPSA) is 64.8 Å². The molecule has 0 aromatic heterocycles. The van der Waals surface area contributed by atoms with Gasteiger partial charge in [-0.1, -0.05) is 20.8 Å². The predicted molar refractivity (Wildman–Crippen MR) is 101 cm³/mol. The van der Waals surface area contributed by atoms with Crippen LogP contribution in [-0.2, 0) is 8.92 Å². The Labute approximate surface area is 144 Å². The standard InChI is InChI=1S/C17H38N2O3S/c1-14(18)10-11-19(15(20)22-16(2,3)4)12-13-21-23(8,9)17(5,6)7/h14H,10-13,18H2,1-9H3. The molecule has 0 rings (SSSR count). The van der Waals surface area contributed by atoms with Crippen LogP contribution in [0.2, 0.25) is 0 Å². The van der Waals surface area contributed by atoms with E-state index in [9.17, 15) is 4.79 Å². The van der Waals surface area contributed by atoms with E-state index in [1.807, 2.05) is 27.7 Å². The first kappa shape index (κ1) is 22.5. The third-order valence-corrected chi connectivity index (χ3v) is 7.43. The van der Waals surface area contributed by atoms with Gasteiger partial charge in [0.2, 0.25) is 0 Å². The highest BCUT2D eigenvalue weighted by molar-refractivity contribution is 8.29. The smallest absolute Gasteiger partial charge is 0.410 e. The second-order valence-electron chi connectivity index (χ2n) is 8.40. The Balaban J connectivity index is 4.68. The molecule has 0 aromatic carbocycles. The molecule has 0 fully saturated rings. The molecule has 0 aliphatic rings. The van der Waals surface area contributed by atoms with Crippen LogP contribution in [0.3, 0.4) is 0 Å². The molecule has 0 aromatic rings. The van der Waals surface area contributed by atoms with Crippen molar-refractivity contribution in [2.24, 2.45) is 5.73 Å². The summed E-state index contributed by atoms with van der Waals surface area (Å²) in [6.45, 7) is 15.7. The molecule has 140 valence electrons. The average molecular weight is 351 g/mol. The van der Waals surface area contributed by atoms with Gasteiger partial charge in [0.05, 0.1) is 6.61 Å². The summed E-state index contributed by atoms with van der Waals surface area (Å²) in [4.78, 5) is 14.0. The zero-order chi connectivity index (χ0) is 18.5. The van der Waals surface area contributed by atoms with Gasteiger partial charge in [-0.3, -0.25) is 0 Å². The van der Waals surface area contributed by atoms with Gasteiger partial charge in [0.25, 0.3) is 0 Å². The van der Waals surface area contributed by atoms with Crippen molar-refractivity contribution in [3.05, 3.63) is 0 Å². The Morgan fingerprint density at radius 3 is 2.04 bits per heavy atom. The van der Waals surface area contributed by atoms with Gasteiger partial charge in [-0.25, -0.2) is 4.79 Å². The maximum atomic E-state index is 12.3. The Morgan fingerprint density at radius 1 is 1.13 bits per heavy atom. The summed E-state index contributed by atoms with van der Waals surface area (Å²) in [6.07, 6.45) is 4.76. The molecule has 1 amide bonds. The number of nitrogens with zero attached hydrogens (tertiary/aromatic N) is 1. The molecule has 0 radical (unpaired) electrons. The number of hydrogen-bond acceptors (Lipinski definition) is 4. The van der Waals surface area contributed by atoms with Crippen LogP contribution in [0.4, 0.5) is 4.79 Å². The van der Waals surface area contributed by atoms with Gasteiger partial charge in [-0.15, -0.1) is 10.3 Å². The number of rotatable bonds is 7. The van der Waals surface area contributed by atoms with Crippen LogP contribution in [0.5, 0.6) is 0 Å². The van der Waals surface area contributed by atoms with E-state index in [0.29, 0.717) is 19.7 Å². The quantitative estimate of drug-likeness (QED) is 0.759. The highest BCUT2D eigenvalue weighted by Gasteiger charge is 2.29. The van der Waals surface area contributed by atoms with Gasteiger partial charge in [-0.05, 0) is 46.6 Å². The Hall–Kier alpha value is -0.460. The normalized spacial score (nSPS) is 15.2. The lowest BCUT2D eigenvalue weighted by molar-refractivity contribution is 0.0225. The first-order valence-electron chi connectivity index (χ1n) is 8.26. The van der Waals surface area contributed by atoms with Crippen LogP contribution < -0.4 is 5.73 Å². The Bertz CT molecular complexity index is 371. The van der Waals surface area contributed by atoms with Crippen LogP contribution in [0.1, 0.15) is 54.9 Å². The third kappa shape index (κ3) is 9.42. The lowest BCUT2D eigenvalue weighted by Crippen LogP contribution is -2.41. The van der Waals surface area contributed by atoms with Crippen LogP contribution in [0.15, 0.2) is 0 Å². The number of nitrogens with two attached hydrogens (primary N) is 1. The molecule has 0 spiro atoms. The van der Waals surface area contributed by atoms with Crippen LogP contribution in [0.25, 0.3) is 0 Å². The molecule has 0 saturated carbocycles. The van der Waals surface area contributed by atoms with Crippen LogP contribution in [0, 0.1) is 0 Å². The molecule has 0 aliphatic carbocycles. The van der Waals surface area contributed by atoms with E-state index in [4.69, 9.17) is 14.7 Å². The fraction of sp³-hybridized carbons (Fsp3) is 0.941. The minimum atomic E-state index is -1.19. The molecule has 0 aliphatic heterocycles. The molecule has 0 bridgehead atoms. The predicted octanol–water partition coefficient (Wildman–Crippen LogP) is 3.76. The maximum absolute atomic E-state index is 12.3. The fourth-order valence-electron chi connectivity index (χ4n) is 1.51. The van der Waals surface area contributed by atoms with E-state index in [0.717, 1.165) is 6.42 Å². The minimum Gasteiger partial charge on any atom is -0.444 e. The van der Waals surface area contributed by atoms with Crippen molar-refractivity contribution in [1.82, 2.24) is 4.90 Å². The number of ether oxygens (including phenoxy) is 1. The molecule has 1 unspecified atom stereocenters. The summed E-state index contributed by atoms with van der Waals surface area (Å²) >= 11 is 0. The molecule has 6 heteroatoms. The largest absolute Gasteiger partial charge is 0.444 e. The molecule has 5 nitrogen and oxygen atoms in total. The van der Waals surface area contributed by atoms with Gasteiger partial charge in [0.15, 0.2) is 0 Å². The summed E-state index contributed by atoms with van der Waals surface area (Å²) in [5.41, 5.74) is 5.32. The van der Waals surface area contributed by atoms with Gasteiger partial charge in [-0.2, -0.15) is 0 Å². The summed E-state index contributed by atoms with van der Waals surface area (Å²) < 4.78 is 11.7. The summed E-state index contributed by atoms with van der Waals surface area (Å²) in [5, 5.41) is 0. The van der Waals surface area contributed by atoms with E-state index in [1.165, 1.54) is 0 Å². The molecule has 23 heavy (non-hydrogen) atoms. The number of amides is 1. The molecule has 0 heterocycles. The van der Waals surface area contributed by atoms with Gasteiger partial charge < -0.3 is 19.6 Å². The average Bonchev–Trinajstić information content (AvgIpc) is 2.29. The third-order valence-electron chi connectivity index (χ3n) is 3.72. The zero-order valence-electron chi connectivity index (χ0n) is 16.6. The zero-order valence-corrected chi connectivity index (χ0v) is 17.4. The van der Waals surface area contributed by atoms with Crippen molar-refractivity contribution in [3.8, 4) is 0 Å².